The SMILES string of the molecule is COc1ccc2ncc(CF)c([C@@H](O)CCC3(C(=O)O)CCN(CCNc4c(F)cc(F)cc4F)CC3)c2c1. The van der Waals surface area contributed by atoms with E-state index in [0.717, 1.165) is 0 Å². The lowest BCUT2D eigenvalue weighted by Crippen LogP contribution is -2.45. The number of alkyl halides is 1. The maximum atomic E-state index is 13.8. The molecule has 1 fully saturated rings. The van der Waals surface area contributed by atoms with Crippen LogP contribution < -0.4 is 10.1 Å². The zero-order chi connectivity index (χ0) is 28.2. The Morgan fingerprint density at radius 1 is 1.18 bits per heavy atom. The number of aliphatic carboxylic acids is 1. The summed E-state index contributed by atoms with van der Waals surface area (Å²) in [5.41, 5.74) is -0.292. The van der Waals surface area contributed by atoms with Gasteiger partial charge in [-0.05, 0) is 62.5 Å². The van der Waals surface area contributed by atoms with Crippen LogP contribution in [0.4, 0.5) is 23.2 Å². The van der Waals surface area contributed by atoms with Crippen molar-refractivity contribution < 1.29 is 37.3 Å². The van der Waals surface area contributed by atoms with Crippen LogP contribution in [0.25, 0.3) is 10.9 Å². The average Bonchev–Trinajstić information content (AvgIpc) is 2.92. The van der Waals surface area contributed by atoms with Crippen LogP contribution in [0.3, 0.4) is 0 Å². The number of likely N-dealkylation sites (tertiary alicyclic amines) is 1. The van der Waals surface area contributed by atoms with Gasteiger partial charge in [-0.25, -0.2) is 17.6 Å². The van der Waals surface area contributed by atoms with E-state index in [-0.39, 0.29) is 24.9 Å². The fourth-order valence-corrected chi connectivity index (χ4v) is 5.24. The molecule has 1 atom stereocenters. The van der Waals surface area contributed by atoms with E-state index in [0.29, 0.717) is 66.8 Å². The van der Waals surface area contributed by atoms with Gasteiger partial charge < -0.3 is 25.2 Å². The van der Waals surface area contributed by atoms with Crippen molar-refractivity contribution >= 4 is 22.6 Å². The summed E-state index contributed by atoms with van der Waals surface area (Å²) in [4.78, 5) is 18.6. The number of fused-ring (bicyclic) bond motifs is 1. The number of benzene rings is 2. The number of aliphatic hydroxyl groups is 1. The second kappa shape index (κ2) is 12.2. The van der Waals surface area contributed by atoms with Crippen molar-refractivity contribution in [1.82, 2.24) is 9.88 Å². The van der Waals surface area contributed by atoms with E-state index >= 15 is 0 Å². The molecule has 3 N–H and O–H groups in total. The summed E-state index contributed by atoms with van der Waals surface area (Å²) >= 11 is 0. The smallest absolute Gasteiger partial charge is 0.309 e. The van der Waals surface area contributed by atoms with Crippen molar-refractivity contribution in [1.29, 1.82) is 0 Å². The summed E-state index contributed by atoms with van der Waals surface area (Å²) in [6, 6.07) is 6.32. The molecule has 1 aromatic heterocycles. The molecule has 2 heterocycles. The third-order valence-corrected chi connectivity index (χ3v) is 7.58. The van der Waals surface area contributed by atoms with E-state index < -0.39 is 47.3 Å². The van der Waals surface area contributed by atoms with Crippen LogP contribution in [0.2, 0.25) is 0 Å². The fraction of sp³-hybridized carbons (Fsp3) is 0.429. The van der Waals surface area contributed by atoms with Crippen molar-refractivity contribution in [2.24, 2.45) is 5.41 Å². The molecule has 1 aliphatic heterocycles. The van der Waals surface area contributed by atoms with Gasteiger partial charge in [-0.1, -0.05) is 0 Å². The second-order valence-corrected chi connectivity index (χ2v) is 9.87. The number of rotatable bonds is 11. The second-order valence-electron chi connectivity index (χ2n) is 9.87. The number of carbonyl (C=O) groups is 1. The predicted molar refractivity (Wildman–Crippen MR) is 138 cm³/mol. The quantitative estimate of drug-likeness (QED) is 0.282. The highest BCUT2D eigenvalue weighted by Crippen LogP contribution is 2.40. The molecule has 4 rings (SSSR count). The first-order valence-electron chi connectivity index (χ1n) is 12.7. The van der Waals surface area contributed by atoms with Crippen LogP contribution in [0.1, 0.15) is 42.9 Å². The number of hydrogen-bond donors (Lipinski definition) is 3. The molecule has 1 aliphatic rings. The zero-order valence-corrected chi connectivity index (χ0v) is 21.5. The molecule has 7 nitrogen and oxygen atoms in total. The van der Waals surface area contributed by atoms with Gasteiger partial charge >= 0.3 is 5.97 Å². The number of pyridine rings is 1. The molecule has 0 spiro atoms. The van der Waals surface area contributed by atoms with Gasteiger partial charge in [0, 0.05) is 42.4 Å². The highest BCUT2D eigenvalue weighted by Gasteiger charge is 2.41. The Balaban J connectivity index is 1.39. The number of halogens is 4. The van der Waals surface area contributed by atoms with E-state index in [2.05, 4.69) is 10.3 Å². The zero-order valence-electron chi connectivity index (χ0n) is 21.5. The minimum atomic E-state index is -1.10. The van der Waals surface area contributed by atoms with Gasteiger partial charge in [0.05, 0.1) is 24.1 Å². The molecule has 0 amide bonds. The van der Waals surface area contributed by atoms with E-state index in [9.17, 15) is 32.6 Å². The maximum Gasteiger partial charge on any atom is 0.309 e. The number of carboxylic acids is 1. The first kappa shape index (κ1) is 28.6. The Labute approximate surface area is 223 Å². The molecule has 11 heteroatoms. The van der Waals surface area contributed by atoms with Crippen LogP contribution in [0.15, 0.2) is 36.5 Å². The summed E-state index contributed by atoms with van der Waals surface area (Å²) < 4.78 is 59.9. The summed E-state index contributed by atoms with van der Waals surface area (Å²) in [5.74, 6) is -3.48. The number of aromatic nitrogens is 1. The number of methoxy groups -OCH3 is 1. The van der Waals surface area contributed by atoms with Gasteiger partial charge in [0.1, 0.15) is 23.9 Å². The van der Waals surface area contributed by atoms with Gasteiger partial charge in [0.15, 0.2) is 11.6 Å². The first-order valence-corrected chi connectivity index (χ1v) is 12.7. The third-order valence-electron chi connectivity index (χ3n) is 7.58. The average molecular weight is 550 g/mol. The van der Waals surface area contributed by atoms with Gasteiger partial charge in [-0.15, -0.1) is 0 Å². The Morgan fingerprint density at radius 2 is 1.87 bits per heavy atom. The van der Waals surface area contributed by atoms with Gasteiger partial charge in [-0.3, -0.25) is 9.78 Å². The summed E-state index contributed by atoms with van der Waals surface area (Å²) in [6.45, 7) is 0.626. The molecule has 0 saturated carbocycles. The lowest BCUT2D eigenvalue weighted by atomic mass is 9.74. The van der Waals surface area contributed by atoms with Crippen molar-refractivity contribution in [2.75, 3.05) is 38.6 Å². The molecular formula is C28H31F4N3O4. The molecule has 0 bridgehead atoms. The molecular weight excluding hydrogens is 518 g/mol. The molecule has 39 heavy (non-hydrogen) atoms. The number of carboxylic acid groups (broad SMARTS) is 1. The van der Waals surface area contributed by atoms with E-state index in [1.54, 1.807) is 18.2 Å². The topological polar surface area (TPSA) is 94.9 Å². The lowest BCUT2D eigenvalue weighted by Gasteiger charge is -2.39. The minimum absolute atomic E-state index is 0.111. The molecule has 0 radical (unpaired) electrons. The van der Waals surface area contributed by atoms with Gasteiger partial charge in [0.25, 0.3) is 0 Å². The molecule has 2 aromatic carbocycles. The predicted octanol–water partition coefficient (Wildman–Crippen LogP) is 5.22. The number of piperidine rings is 1. The summed E-state index contributed by atoms with van der Waals surface area (Å²) in [7, 11) is 1.50. The first-order chi connectivity index (χ1) is 18.7. The van der Waals surface area contributed by atoms with Crippen LogP contribution >= 0.6 is 0 Å². The summed E-state index contributed by atoms with van der Waals surface area (Å²) in [5, 5.41) is 24.4. The number of aliphatic hydroxyl groups excluding tert-OH is 1. The standard InChI is InChI=1S/C28H31F4N3O4/c1-39-19-2-3-23-20(14-19)25(17(15-29)16-34-23)24(36)4-5-28(27(37)38)6-9-35(10-7-28)11-8-33-26-21(31)12-18(30)13-22(26)32/h2-3,12-14,16,24,33,36H,4-11,15H2,1H3,(H,37,38)/t24-/m0/s1. The Hall–Kier alpha value is -3.44. The number of nitrogens with one attached hydrogen (secondary N) is 1. The monoisotopic (exact) mass is 549 g/mol. The van der Waals surface area contributed by atoms with E-state index in [1.165, 1.54) is 13.3 Å². The van der Waals surface area contributed by atoms with E-state index in [1.807, 2.05) is 4.90 Å². The Bertz CT molecular complexity index is 1300. The highest BCUT2D eigenvalue weighted by atomic mass is 19.1. The van der Waals surface area contributed by atoms with Gasteiger partial charge in [-0.2, -0.15) is 0 Å². The maximum absolute atomic E-state index is 13.8. The van der Waals surface area contributed by atoms with Crippen molar-refractivity contribution in [2.45, 2.75) is 38.5 Å². The highest BCUT2D eigenvalue weighted by molar-refractivity contribution is 5.85. The molecule has 0 unspecified atom stereocenters. The number of nitrogens with zero attached hydrogens (tertiary/aromatic N) is 2. The van der Waals surface area contributed by atoms with E-state index in [4.69, 9.17) is 4.74 Å². The van der Waals surface area contributed by atoms with Crippen molar-refractivity contribution in [3.05, 3.63) is 65.1 Å². The Kier molecular flexibility index (Phi) is 8.91. The minimum Gasteiger partial charge on any atom is -0.497 e. The largest absolute Gasteiger partial charge is 0.497 e. The van der Waals surface area contributed by atoms with Gasteiger partial charge in [0.2, 0.25) is 0 Å². The number of anilines is 1. The third kappa shape index (κ3) is 6.25. The summed E-state index contributed by atoms with van der Waals surface area (Å²) in [6.07, 6.45) is 1.20. The van der Waals surface area contributed by atoms with Crippen LogP contribution in [-0.2, 0) is 11.5 Å². The lowest BCUT2D eigenvalue weighted by molar-refractivity contribution is -0.153. The molecule has 3 aromatic rings. The fourth-order valence-electron chi connectivity index (χ4n) is 5.24. The molecule has 210 valence electrons. The van der Waals surface area contributed by atoms with Crippen LogP contribution in [0, 0.1) is 22.9 Å². The Morgan fingerprint density at radius 3 is 2.49 bits per heavy atom. The van der Waals surface area contributed by atoms with Crippen molar-refractivity contribution in [3.63, 3.8) is 0 Å². The normalized spacial score (nSPS) is 16.3. The van der Waals surface area contributed by atoms with Crippen LogP contribution in [0.5, 0.6) is 5.75 Å². The number of hydrogen-bond acceptors (Lipinski definition) is 6. The molecule has 0 aliphatic carbocycles. The van der Waals surface area contributed by atoms with Crippen molar-refractivity contribution in [3.8, 4) is 5.75 Å². The number of ether oxygens (including phenoxy) is 1. The van der Waals surface area contributed by atoms with Crippen LogP contribution in [-0.4, -0.2) is 59.4 Å². The molecule has 1 saturated heterocycles.